The summed E-state index contributed by atoms with van der Waals surface area (Å²) in [6.07, 6.45) is 0. The summed E-state index contributed by atoms with van der Waals surface area (Å²) >= 11 is 1.79. The van der Waals surface area contributed by atoms with Crippen LogP contribution in [0.4, 0.5) is 0 Å². The normalized spacial score (nSPS) is 10.9. The lowest BCUT2D eigenvalue weighted by molar-refractivity contribution is 0.544. The van der Waals surface area contributed by atoms with Crippen molar-refractivity contribution in [3.63, 3.8) is 0 Å². The summed E-state index contributed by atoms with van der Waals surface area (Å²) in [6, 6.07) is 6.35. The van der Waals surface area contributed by atoms with E-state index in [9.17, 15) is 0 Å². The number of hydrogen-bond acceptors (Lipinski definition) is 3. The molecule has 2 aromatic heterocycles. The highest BCUT2D eigenvalue weighted by Gasteiger charge is 1.99. The molecule has 2 heterocycles. The van der Waals surface area contributed by atoms with Gasteiger partial charge in [-0.05, 0) is 31.4 Å². The Hall–Kier alpha value is -1.13. The van der Waals surface area contributed by atoms with E-state index < -0.39 is 0 Å². The van der Waals surface area contributed by atoms with Crippen LogP contribution < -0.4 is 5.32 Å². The number of nitrogens with one attached hydrogen (secondary N) is 1. The molecule has 0 bridgehead atoms. The minimum atomic E-state index is 0.936. The average Bonchev–Trinajstić information content (AvgIpc) is 2.84. The van der Waals surface area contributed by atoms with E-state index in [0.29, 0.717) is 0 Å². The Labute approximate surface area is 100 Å². The number of aryl methyl sites for hydroxylation is 2. The Kier molecular flexibility index (Phi) is 3.74. The van der Waals surface area contributed by atoms with Crippen LogP contribution in [0.2, 0.25) is 0 Å². The van der Waals surface area contributed by atoms with Crippen LogP contribution in [0.15, 0.2) is 23.6 Å². The molecule has 3 nitrogen and oxygen atoms in total. The molecular formula is C12H17N3S. The Morgan fingerprint density at radius 1 is 1.44 bits per heavy atom. The van der Waals surface area contributed by atoms with Crippen LogP contribution in [0.3, 0.4) is 0 Å². The third-order valence-electron chi connectivity index (χ3n) is 2.48. The van der Waals surface area contributed by atoms with Gasteiger partial charge in [-0.25, -0.2) is 0 Å². The topological polar surface area (TPSA) is 29.9 Å². The summed E-state index contributed by atoms with van der Waals surface area (Å²) in [7, 11) is 0. The van der Waals surface area contributed by atoms with E-state index >= 15 is 0 Å². The summed E-state index contributed by atoms with van der Waals surface area (Å²) in [5.74, 6) is 0. The van der Waals surface area contributed by atoms with Gasteiger partial charge in [0.1, 0.15) is 0 Å². The van der Waals surface area contributed by atoms with Gasteiger partial charge in [-0.1, -0.05) is 6.07 Å². The second-order valence-corrected chi connectivity index (χ2v) is 4.94. The van der Waals surface area contributed by atoms with Crippen molar-refractivity contribution in [2.75, 3.05) is 6.54 Å². The summed E-state index contributed by atoms with van der Waals surface area (Å²) in [5, 5.41) is 9.96. The van der Waals surface area contributed by atoms with Crippen molar-refractivity contribution in [1.29, 1.82) is 0 Å². The lowest BCUT2D eigenvalue weighted by Crippen LogP contribution is -2.20. The fourth-order valence-corrected chi connectivity index (χ4v) is 2.39. The number of thiophene rings is 1. The van der Waals surface area contributed by atoms with Crippen LogP contribution in [0, 0.1) is 13.8 Å². The molecule has 0 amide bonds. The molecule has 16 heavy (non-hydrogen) atoms. The zero-order chi connectivity index (χ0) is 11.4. The Morgan fingerprint density at radius 3 is 2.94 bits per heavy atom. The van der Waals surface area contributed by atoms with Gasteiger partial charge in [-0.3, -0.25) is 4.68 Å². The largest absolute Gasteiger partial charge is 0.310 e. The molecule has 0 aliphatic rings. The smallest absolute Gasteiger partial charge is 0.0596 e. The Bertz CT molecular complexity index is 431. The van der Waals surface area contributed by atoms with E-state index in [2.05, 4.69) is 45.6 Å². The maximum atomic E-state index is 4.42. The predicted molar refractivity (Wildman–Crippen MR) is 67.7 cm³/mol. The molecule has 0 saturated heterocycles. The first-order valence-corrected chi connectivity index (χ1v) is 6.38. The zero-order valence-corrected chi connectivity index (χ0v) is 10.5. The molecule has 0 unspecified atom stereocenters. The van der Waals surface area contributed by atoms with E-state index in [1.165, 1.54) is 10.6 Å². The van der Waals surface area contributed by atoms with Crippen molar-refractivity contribution >= 4 is 11.3 Å². The highest BCUT2D eigenvalue weighted by molar-refractivity contribution is 7.09. The average molecular weight is 235 g/mol. The van der Waals surface area contributed by atoms with Gasteiger partial charge in [0.2, 0.25) is 0 Å². The number of aromatic nitrogens is 2. The van der Waals surface area contributed by atoms with Gasteiger partial charge >= 0.3 is 0 Å². The summed E-state index contributed by atoms with van der Waals surface area (Å²) in [5.41, 5.74) is 2.33. The molecule has 0 fully saturated rings. The second kappa shape index (κ2) is 5.27. The van der Waals surface area contributed by atoms with Gasteiger partial charge in [0.25, 0.3) is 0 Å². The van der Waals surface area contributed by atoms with E-state index in [-0.39, 0.29) is 0 Å². The molecule has 0 atom stereocenters. The highest BCUT2D eigenvalue weighted by Crippen LogP contribution is 2.07. The second-order valence-electron chi connectivity index (χ2n) is 3.91. The molecule has 2 aromatic rings. The minimum Gasteiger partial charge on any atom is -0.310 e. The molecule has 0 spiro atoms. The van der Waals surface area contributed by atoms with E-state index in [4.69, 9.17) is 0 Å². The third-order valence-corrected chi connectivity index (χ3v) is 3.36. The van der Waals surface area contributed by atoms with Crippen molar-refractivity contribution in [2.24, 2.45) is 0 Å². The van der Waals surface area contributed by atoms with Gasteiger partial charge in [0, 0.05) is 23.7 Å². The Balaban J connectivity index is 1.74. The van der Waals surface area contributed by atoms with Crippen molar-refractivity contribution in [3.05, 3.63) is 39.8 Å². The maximum absolute atomic E-state index is 4.42. The van der Waals surface area contributed by atoms with Crippen LogP contribution in [-0.4, -0.2) is 16.3 Å². The van der Waals surface area contributed by atoms with Crippen LogP contribution in [-0.2, 0) is 13.1 Å². The van der Waals surface area contributed by atoms with Crippen LogP contribution in [0.5, 0.6) is 0 Å². The molecule has 0 aliphatic carbocycles. The number of nitrogens with zero attached hydrogens (tertiary/aromatic N) is 2. The fraction of sp³-hybridized carbons (Fsp3) is 0.417. The van der Waals surface area contributed by atoms with Gasteiger partial charge in [-0.15, -0.1) is 11.3 Å². The summed E-state index contributed by atoms with van der Waals surface area (Å²) in [4.78, 5) is 1.38. The van der Waals surface area contributed by atoms with E-state index in [1.807, 2.05) is 6.92 Å². The van der Waals surface area contributed by atoms with Gasteiger partial charge in [0.15, 0.2) is 0 Å². The first-order chi connectivity index (χ1) is 7.75. The monoisotopic (exact) mass is 235 g/mol. The van der Waals surface area contributed by atoms with Crippen LogP contribution in [0.25, 0.3) is 0 Å². The van der Waals surface area contributed by atoms with Crippen molar-refractivity contribution in [1.82, 2.24) is 15.1 Å². The van der Waals surface area contributed by atoms with Crippen LogP contribution in [0.1, 0.15) is 16.3 Å². The predicted octanol–water partition coefficient (Wildman–Crippen LogP) is 2.35. The fourth-order valence-electron chi connectivity index (χ4n) is 1.71. The molecule has 1 N–H and O–H groups in total. The molecule has 2 rings (SSSR count). The lowest BCUT2D eigenvalue weighted by Gasteiger charge is -2.05. The first kappa shape index (κ1) is 11.4. The van der Waals surface area contributed by atoms with Crippen molar-refractivity contribution in [2.45, 2.75) is 26.9 Å². The zero-order valence-electron chi connectivity index (χ0n) is 9.73. The van der Waals surface area contributed by atoms with Gasteiger partial charge in [0.05, 0.1) is 12.2 Å². The minimum absolute atomic E-state index is 0.936. The molecule has 0 aromatic carbocycles. The van der Waals surface area contributed by atoms with Crippen molar-refractivity contribution in [3.8, 4) is 0 Å². The quantitative estimate of drug-likeness (QED) is 0.806. The Morgan fingerprint density at radius 2 is 2.31 bits per heavy atom. The molecule has 0 radical (unpaired) electrons. The molecule has 0 saturated carbocycles. The molecular weight excluding hydrogens is 218 g/mol. The SMILES string of the molecule is Cc1cc(C)n(CCNCc2cccs2)n1. The lowest BCUT2D eigenvalue weighted by atomic mass is 10.4. The molecule has 0 aliphatic heterocycles. The van der Waals surface area contributed by atoms with Crippen LogP contribution >= 0.6 is 11.3 Å². The maximum Gasteiger partial charge on any atom is 0.0596 e. The van der Waals surface area contributed by atoms with Gasteiger partial charge < -0.3 is 5.32 Å². The summed E-state index contributed by atoms with van der Waals surface area (Å²) < 4.78 is 2.05. The highest BCUT2D eigenvalue weighted by atomic mass is 32.1. The first-order valence-electron chi connectivity index (χ1n) is 5.50. The van der Waals surface area contributed by atoms with Crippen molar-refractivity contribution < 1.29 is 0 Å². The molecule has 86 valence electrons. The number of hydrogen-bond donors (Lipinski definition) is 1. The summed E-state index contributed by atoms with van der Waals surface area (Å²) in [6.45, 7) is 6.98. The third kappa shape index (κ3) is 2.93. The molecule has 4 heteroatoms. The standard InChI is InChI=1S/C12H17N3S/c1-10-8-11(2)15(14-10)6-5-13-9-12-4-3-7-16-12/h3-4,7-8,13H,5-6,9H2,1-2H3. The van der Waals surface area contributed by atoms with E-state index in [1.54, 1.807) is 11.3 Å². The van der Waals surface area contributed by atoms with E-state index in [0.717, 1.165) is 25.3 Å². The number of rotatable bonds is 5. The van der Waals surface area contributed by atoms with Gasteiger partial charge in [-0.2, -0.15) is 5.10 Å².